The number of rotatable bonds is 1. The number of halogens is 1. The molecule has 2 aromatic carbocycles. The van der Waals surface area contributed by atoms with Gasteiger partial charge in [-0.25, -0.2) is 4.79 Å². The topological polar surface area (TPSA) is 29.5 Å². The first-order valence-electron chi connectivity index (χ1n) is 6.48. The van der Waals surface area contributed by atoms with Crippen molar-refractivity contribution in [2.75, 3.05) is 11.4 Å². The average molecular weight is 332 g/mol. The van der Waals surface area contributed by atoms with Gasteiger partial charge >= 0.3 is 6.09 Å². The molecule has 0 radical (unpaired) electrons. The second-order valence-electron chi connectivity index (χ2n) is 4.83. The number of hydrogen-bond acceptors (Lipinski definition) is 2. The number of hydrogen-bond donors (Lipinski definition) is 0. The lowest BCUT2D eigenvalue weighted by atomic mass is 10.2. The number of benzene rings is 2. The fourth-order valence-electron chi connectivity index (χ4n) is 2.37. The van der Waals surface area contributed by atoms with Crippen LogP contribution in [0, 0.1) is 6.92 Å². The fraction of sp³-hybridized carbons (Fsp3) is 0.188. The predicted octanol–water partition coefficient (Wildman–Crippen LogP) is 4.32. The van der Waals surface area contributed by atoms with Crippen molar-refractivity contribution in [2.24, 2.45) is 0 Å². The van der Waals surface area contributed by atoms with Crippen molar-refractivity contribution < 1.29 is 9.53 Å². The number of ether oxygens (including phenoxy) is 1. The van der Waals surface area contributed by atoms with Crippen LogP contribution in [0.3, 0.4) is 0 Å². The van der Waals surface area contributed by atoms with E-state index in [2.05, 4.69) is 15.9 Å². The third-order valence-corrected chi connectivity index (χ3v) is 4.01. The van der Waals surface area contributed by atoms with Crippen molar-refractivity contribution >= 4 is 27.7 Å². The normalized spacial score (nSPS) is 13.2. The van der Waals surface area contributed by atoms with Crippen LogP contribution in [-0.2, 0) is 6.42 Å². The van der Waals surface area contributed by atoms with Crippen LogP contribution in [0.25, 0.3) is 0 Å². The minimum Gasteiger partial charge on any atom is -0.409 e. The zero-order valence-electron chi connectivity index (χ0n) is 11.1. The molecular formula is C16H14BrNO2. The summed E-state index contributed by atoms with van der Waals surface area (Å²) in [6, 6.07) is 13.6. The van der Waals surface area contributed by atoms with E-state index < -0.39 is 0 Å². The third-order valence-electron chi connectivity index (χ3n) is 3.39. The molecule has 0 N–H and O–H groups in total. The summed E-state index contributed by atoms with van der Waals surface area (Å²) in [6.07, 6.45) is 0.542. The lowest BCUT2D eigenvalue weighted by molar-refractivity contribution is 0.208. The molecule has 0 atom stereocenters. The molecule has 20 heavy (non-hydrogen) atoms. The van der Waals surface area contributed by atoms with Crippen LogP contribution in [0.2, 0.25) is 0 Å². The van der Waals surface area contributed by atoms with Gasteiger partial charge < -0.3 is 4.74 Å². The Hall–Kier alpha value is -1.81. The average Bonchev–Trinajstić information content (AvgIpc) is 2.86. The molecule has 1 heterocycles. The molecule has 1 amide bonds. The van der Waals surface area contributed by atoms with Crippen molar-refractivity contribution in [3.63, 3.8) is 0 Å². The van der Waals surface area contributed by atoms with Gasteiger partial charge in [0.05, 0.1) is 10.2 Å². The Morgan fingerprint density at radius 3 is 2.85 bits per heavy atom. The summed E-state index contributed by atoms with van der Waals surface area (Å²) in [6.45, 7) is 2.66. The summed E-state index contributed by atoms with van der Waals surface area (Å²) in [5.74, 6) is 0.546. The smallest absolute Gasteiger partial charge is 0.409 e. The fourth-order valence-corrected chi connectivity index (χ4v) is 2.94. The lowest BCUT2D eigenvalue weighted by Crippen LogP contribution is -2.31. The molecular weight excluding hydrogens is 318 g/mol. The third kappa shape index (κ3) is 2.43. The summed E-state index contributed by atoms with van der Waals surface area (Å²) in [7, 11) is 0. The first-order valence-corrected chi connectivity index (χ1v) is 7.28. The summed E-state index contributed by atoms with van der Waals surface area (Å²) in [5.41, 5.74) is 3.25. The van der Waals surface area contributed by atoms with Gasteiger partial charge in [0.2, 0.25) is 0 Å². The van der Waals surface area contributed by atoms with Crippen LogP contribution in [-0.4, -0.2) is 12.6 Å². The van der Waals surface area contributed by atoms with Gasteiger partial charge in [0.1, 0.15) is 5.75 Å². The van der Waals surface area contributed by atoms with Crippen molar-refractivity contribution in [3.8, 4) is 5.75 Å². The minimum absolute atomic E-state index is 0.334. The Morgan fingerprint density at radius 2 is 2.05 bits per heavy atom. The summed E-state index contributed by atoms with van der Waals surface area (Å²) < 4.78 is 6.27. The first-order chi connectivity index (χ1) is 9.65. The molecule has 1 aliphatic rings. The number of fused-ring (bicyclic) bond motifs is 1. The van der Waals surface area contributed by atoms with Crippen LogP contribution in [0.5, 0.6) is 5.75 Å². The Morgan fingerprint density at radius 1 is 1.25 bits per heavy atom. The van der Waals surface area contributed by atoms with Gasteiger partial charge in [0.25, 0.3) is 0 Å². The quantitative estimate of drug-likeness (QED) is 0.778. The van der Waals surface area contributed by atoms with Crippen molar-refractivity contribution in [1.29, 1.82) is 0 Å². The second-order valence-corrected chi connectivity index (χ2v) is 5.69. The minimum atomic E-state index is -0.334. The molecule has 3 nitrogen and oxygen atoms in total. The van der Waals surface area contributed by atoms with Gasteiger partial charge in [0, 0.05) is 6.54 Å². The highest BCUT2D eigenvalue weighted by Crippen LogP contribution is 2.30. The van der Waals surface area contributed by atoms with Crippen molar-refractivity contribution in [2.45, 2.75) is 13.3 Å². The predicted molar refractivity (Wildman–Crippen MR) is 82.4 cm³/mol. The Balaban J connectivity index is 1.81. The van der Waals surface area contributed by atoms with Gasteiger partial charge in [-0.1, -0.05) is 24.3 Å². The highest BCUT2D eigenvalue weighted by atomic mass is 79.9. The van der Waals surface area contributed by atoms with E-state index in [-0.39, 0.29) is 6.09 Å². The monoisotopic (exact) mass is 331 g/mol. The van der Waals surface area contributed by atoms with E-state index in [9.17, 15) is 4.79 Å². The number of nitrogens with zero attached hydrogens (tertiary/aromatic N) is 1. The van der Waals surface area contributed by atoms with Crippen LogP contribution in [0.15, 0.2) is 46.9 Å². The molecule has 0 unspecified atom stereocenters. The number of anilines is 1. The van der Waals surface area contributed by atoms with E-state index >= 15 is 0 Å². The summed E-state index contributed by atoms with van der Waals surface area (Å²) in [5, 5.41) is 0. The standard InChI is InChI=1S/C16H14BrNO2/c1-11-6-7-15(13(17)10-11)20-16(19)18-9-8-12-4-2-3-5-14(12)18/h2-7,10H,8-9H2,1H3. The van der Waals surface area contributed by atoms with E-state index in [0.717, 1.165) is 22.1 Å². The molecule has 2 aromatic rings. The largest absolute Gasteiger partial charge is 0.419 e. The molecule has 102 valence electrons. The number of para-hydroxylation sites is 1. The van der Waals surface area contributed by atoms with Gasteiger partial charge in [0.15, 0.2) is 0 Å². The molecule has 0 fully saturated rings. The number of carbonyl (C=O) groups excluding carboxylic acids is 1. The molecule has 1 aliphatic heterocycles. The SMILES string of the molecule is Cc1ccc(OC(=O)N2CCc3ccccc32)c(Br)c1. The van der Waals surface area contributed by atoms with E-state index in [0.29, 0.717) is 12.3 Å². The van der Waals surface area contributed by atoms with Crippen LogP contribution in [0.1, 0.15) is 11.1 Å². The number of aryl methyl sites for hydroxylation is 1. The van der Waals surface area contributed by atoms with Crippen LogP contribution < -0.4 is 9.64 Å². The summed E-state index contributed by atoms with van der Waals surface area (Å²) >= 11 is 3.42. The van der Waals surface area contributed by atoms with Gasteiger partial charge in [-0.15, -0.1) is 0 Å². The number of amides is 1. The lowest BCUT2D eigenvalue weighted by Gasteiger charge is -2.17. The Labute approximate surface area is 126 Å². The Kier molecular flexibility index (Phi) is 3.49. The van der Waals surface area contributed by atoms with Gasteiger partial charge in [-0.2, -0.15) is 0 Å². The number of carbonyl (C=O) groups is 1. The zero-order valence-corrected chi connectivity index (χ0v) is 12.7. The first kappa shape index (κ1) is 13.2. The van der Waals surface area contributed by atoms with E-state index in [4.69, 9.17) is 4.74 Å². The molecule has 0 spiro atoms. The van der Waals surface area contributed by atoms with E-state index in [1.165, 1.54) is 5.56 Å². The molecule has 3 rings (SSSR count). The molecule has 0 aliphatic carbocycles. The second kappa shape index (κ2) is 5.29. The van der Waals surface area contributed by atoms with Gasteiger partial charge in [-0.05, 0) is 58.6 Å². The molecule has 4 heteroatoms. The van der Waals surface area contributed by atoms with Gasteiger partial charge in [-0.3, -0.25) is 4.90 Å². The Bertz CT molecular complexity index is 669. The highest BCUT2D eigenvalue weighted by molar-refractivity contribution is 9.10. The zero-order chi connectivity index (χ0) is 14.1. The molecule has 0 aromatic heterocycles. The summed E-state index contributed by atoms with van der Waals surface area (Å²) in [4.78, 5) is 14.0. The van der Waals surface area contributed by atoms with E-state index in [1.807, 2.05) is 43.3 Å². The van der Waals surface area contributed by atoms with Crippen LogP contribution in [0.4, 0.5) is 10.5 Å². The van der Waals surface area contributed by atoms with Crippen LogP contribution >= 0.6 is 15.9 Å². The highest BCUT2D eigenvalue weighted by Gasteiger charge is 2.26. The maximum atomic E-state index is 12.3. The molecule has 0 bridgehead atoms. The maximum Gasteiger partial charge on any atom is 0.419 e. The van der Waals surface area contributed by atoms with Crippen molar-refractivity contribution in [1.82, 2.24) is 0 Å². The molecule has 0 saturated carbocycles. The van der Waals surface area contributed by atoms with E-state index in [1.54, 1.807) is 11.0 Å². The van der Waals surface area contributed by atoms with Crippen molar-refractivity contribution in [3.05, 3.63) is 58.1 Å². The molecule has 0 saturated heterocycles. The maximum absolute atomic E-state index is 12.3.